The first-order valence-electron chi connectivity index (χ1n) is 11.1. The first-order valence-corrected chi connectivity index (χ1v) is 12.1. The van der Waals surface area contributed by atoms with E-state index in [1.54, 1.807) is 18.9 Å². The van der Waals surface area contributed by atoms with E-state index in [1.165, 1.54) is 5.56 Å². The second-order valence-corrected chi connectivity index (χ2v) is 9.01. The fourth-order valence-electron chi connectivity index (χ4n) is 3.57. The maximum absolute atomic E-state index is 6.19. The molecule has 0 amide bonds. The molecule has 0 aliphatic carbocycles. The summed E-state index contributed by atoms with van der Waals surface area (Å²) in [6.45, 7) is 7.06. The van der Waals surface area contributed by atoms with Crippen LogP contribution in [0.15, 0.2) is 71.9 Å². The molecule has 0 bridgehead atoms. The Bertz CT molecular complexity index is 1200. The Balaban J connectivity index is 1.47. The number of benzene rings is 3. The van der Waals surface area contributed by atoms with E-state index < -0.39 is 0 Å². The summed E-state index contributed by atoms with van der Waals surface area (Å²) in [5.74, 6) is 3.99. The van der Waals surface area contributed by atoms with Crippen molar-refractivity contribution in [2.45, 2.75) is 32.5 Å². The van der Waals surface area contributed by atoms with Gasteiger partial charge < -0.3 is 14.2 Å². The number of nitrogens with zero attached hydrogens (tertiary/aromatic N) is 3. The zero-order valence-electron chi connectivity index (χ0n) is 19.9. The quantitative estimate of drug-likeness (QED) is 0.209. The molecule has 0 N–H and O–H groups in total. The first-order chi connectivity index (χ1) is 16.5. The number of aryl methyl sites for hydroxylation is 3. The Morgan fingerprint density at radius 2 is 1.47 bits per heavy atom. The first kappa shape index (κ1) is 23.7. The van der Waals surface area contributed by atoms with Crippen LogP contribution in [0.3, 0.4) is 0 Å². The van der Waals surface area contributed by atoms with Crippen molar-refractivity contribution in [3.63, 3.8) is 0 Å². The van der Waals surface area contributed by atoms with Crippen LogP contribution in [-0.4, -0.2) is 34.2 Å². The number of hydrogen-bond acceptors (Lipinski definition) is 6. The van der Waals surface area contributed by atoms with Gasteiger partial charge in [0.1, 0.15) is 23.9 Å². The normalized spacial score (nSPS) is 10.8. The number of ether oxygens (including phenoxy) is 3. The summed E-state index contributed by atoms with van der Waals surface area (Å²) in [6.07, 6.45) is 0. The molecule has 6 nitrogen and oxygen atoms in total. The van der Waals surface area contributed by atoms with E-state index in [0.717, 1.165) is 50.8 Å². The molecule has 34 heavy (non-hydrogen) atoms. The van der Waals surface area contributed by atoms with Gasteiger partial charge in [0.15, 0.2) is 11.0 Å². The molecule has 0 saturated carbocycles. The van der Waals surface area contributed by atoms with Crippen LogP contribution in [0.5, 0.6) is 17.2 Å². The number of methoxy groups -OCH3 is 1. The largest absolute Gasteiger partial charge is 0.497 e. The maximum Gasteiger partial charge on any atom is 0.196 e. The van der Waals surface area contributed by atoms with Crippen LogP contribution >= 0.6 is 11.8 Å². The van der Waals surface area contributed by atoms with Crippen molar-refractivity contribution in [3.05, 3.63) is 89.2 Å². The minimum Gasteiger partial charge on any atom is -0.497 e. The summed E-state index contributed by atoms with van der Waals surface area (Å²) < 4.78 is 19.3. The second-order valence-electron chi connectivity index (χ2n) is 7.95. The Labute approximate surface area is 204 Å². The van der Waals surface area contributed by atoms with E-state index in [4.69, 9.17) is 14.2 Å². The average molecular weight is 476 g/mol. The third-order valence-corrected chi connectivity index (χ3v) is 6.28. The number of rotatable bonds is 10. The highest BCUT2D eigenvalue weighted by molar-refractivity contribution is 7.99. The molecule has 176 valence electrons. The van der Waals surface area contributed by atoms with Crippen LogP contribution < -0.4 is 14.2 Å². The standard InChI is InChI=1S/C27H29N3O3S/c1-19-8-10-22(11-9-19)30-25(18-33-26-20(2)6-5-7-21(26)3)28-29-27(30)34-17-16-32-24-14-12-23(31-4)13-15-24/h5-15H,16-18H2,1-4H3. The van der Waals surface area contributed by atoms with Gasteiger partial charge >= 0.3 is 0 Å². The van der Waals surface area contributed by atoms with Gasteiger partial charge in [0.25, 0.3) is 0 Å². The molecule has 3 aromatic carbocycles. The molecule has 0 saturated heterocycles. The van der Waals surface area contributed by atoms with Gasteiger partial charge in [0, 0.05) is 11.4 Å². The molecular formula is C27H29N3O3S. The number of aromatic nitrogens is 3. The minimum absolute atomic E-state index is 0.329. The third-order valence-electron chi connectivity index (χ3n) is 5.39. The SMILES string of the molecule is COc1ccc(OCCSc2nnc(COc3c(C)cccc3C)n2-c2ccc(C)cc2)cc1. The van der Waals surface area contributed by atoms with Crippen LogP contribution in [0.25, 0.3) is 5.69 Å². The van der Waals surface area contributed by atoms with Crippen LogP contribution in [0.1, 0.15) is 22.5 Å². The van der Waals surface area contributed by atoms with Crippen molar-refractivity contribution >= 4 is 11.8 Å². The topological polar surface area (TPSA) is 58.4 Å². The second kappa shape index (κ2) is 11.1. The predicted octanol–water partition coefficient (Wildman–Crippen LogP) is 5.95. The summed E-state index contributed by atoms with van der Waals surface area (Å²) in [6, 6.07) is 22.1. The highest BCUT2D eigenvalue weighted by Crippen LogP contribution is 2.26. The van der Waals surface area contributed by atoms with E-state index in [2.05, 4.69) is 71.9 Å². The van der Waals surface area contributed by atoms with Crippen LogP contribution in [0.4, 0.5) is 0 Å². The lowest BCUT2D eigenvalue weighted by Gasteiger charge is -2.14. The van der Waals surface area contributed by atoms with E-state index in [1.807, 2.05) is 30.3 Å². The molecule has 0 unspecified atom stereocenters. The Hall–Kier alpha value is -3.45. The molecule has 0 atom stereocenters. The van der Waals surface area contributed by atoms with E-state index in [-0.39, 0.29) is 0 Å². The number of para-hydroxylation sites is 1. The van der Waals surface area contributed by atoms with E-state index in [9.17, 15) is 0 Å². The minimum atomic E-state index is 0.329. The van der Waals surface area contributed by atoms with Crippen LogP contribution in [-0.2, 0) is 6.61 Å². The zero-order chi connectivity index (χ0) is 23.9. The van der Waals surface area contributed by atoms with Crippen molar-refractivity contribution in [1.29, 1.82) is 0 Å². The lowest BCUT2D eigenvalue weighted by atomic mass is 10.1. The lowest BCUT2D eigenvalue weighted by molar-refractivity contribution is 0.289. The number of hydrogen-bond donors (Lipinski definition) is 0. The molecule has 7 heteroatoms. The Morgan fingerprint density at radius 3 is 2.15 bits per heavy atom. The van der Waals surface area contributed by atoms with Crippen LogP contribution in [0, 0.1) is 20.8 Å². The van der Waals surface area contributed by atoms with Gasteiger partial charge in [0.2, 0.25) is 0 Å². The highest BCUT2D eigenvalue weighted by atomic mass is 32.2. The third kappa shape index (κ3) is 5.72. The molecule has 0 aliphatic rings. The fraction of sp³-hybridized carbons (Fsp3) is 0.259. The molecule has 0 fully saturated rings. The molecule has 0 spiro atoms. The lowest BCUT2D eigenvalue weighted by Crippen LogP contribution is -2.08. The van der Waals surface area contributed by atoms with E-state index in [0.29, 0.717) is 13.2 Å². The maximum atomic E-state index is 6.19. The Morgan fingerprint density at radius 1 is 0.794 bits per heavy atom. The molecule has 4 rings (SSSR count). The average Bonchev–Trinajstić information content (AvgIpc) is 3.25. The number of thioether (sulfide) groups is 1. The van der Waals surface area contributed by atoms with Gasteiger partial charge in [-0.25, -0.2) is 0 Å². The molecule has 4 aromatic rings. The summed E-state index contributed by atoms with van der Waals surface area (Å²) >= 11 is 1.61. The fourth-order valence-corrected chi connectivity index (χ4v) is 4.36. The summed E-state index contributed by atoms with van der Waals surface area (Å²) in [4.78, 5) is 0. The monoisotopic (exact) mass is 475 g/mol. The molecule has 0 aliphatic heterocycles. The van der Waals surface area contributed by atoms with Crippen molar-refractivity contribution in [3.8, 4) is 22.9 Å². The molecule has 1 aromatic heterocycles. The summed E-state index contributed by atoms with van der Waals surface area (Å²) in [5.41, 5.74) is 4.42. The summed E-state index contributed by atoms with van der Waals surface area (Å²) in [5, 5.41) is 9.73. The van der Waals surface area contributed by atoms with Gasteiger partial charge in [-0.2, -0.15) is 0 Å². The molecular weight excluding hydrogens is 446 g/mol. The summed E-state index contributed by atoms with van der Waals surface area (Å²) in [7, 11) is 1.65. The van der Waals surface area contributed by atoms with Gasteiger partial charge in [-0.3, -0.25) is 4.57 Å². The van der Waals surface area contributed by atoms with Gasteiger partial charge in [0.05, 0.1) is 13.7 Å². The van der Waals surface area contributed by atoms with Gasteiger partial charge in [-0.1, -0.05) is 47.7 Å². The molecule has 0 radical (unpaired) electrons. The van der Waals surface area contributed by atoms with Crippen molar-refractivity contribution < 1.29 is 14.2 Å². The van der Waals surface area contributed by atoms with Crippen molar-refractivity contribution in [2.75, 3.05) is 19.5 Å². The smallest absolute Gasteiger partial charge is 0.196 e. The Kier molecular flexibility index (Phi) is 7.75. The molecule has 1 heterocycles. The highest BCUT2D eigenvalue weighted by Gasteiger charge is 2.16. The van der Waals surface area contributed by atoms with Crippen molar-refractivity contribution in [2.24, 2.45) is 0 Å². The van der Waals surface area contributed by atoms with Crippen LogP contribution in [0.2, 0.25) is 0 Å². The van der Waals surface area contributed by atoms with E-state index >= 15 is 0 Å². The van der Waals surface area contributed by atoms with Gasteiger partial charge in [-0.15, -0.1) is 10.2 Å². The van der Waals surface area contributed by atoms with Crippen molar-refractivity contribution in [1.82, 2.24) is 14.8 Å². The zero-order valence-corrected chi connectivity index (χ0v) is 20.8. The van der Waals surface area contributed by atoms with Gasteiger partial charge in [-0.05, 0) is 68.3 Å². The predicted molar refractivity (Wildman–Crippen MR) is 136 cm³/mol.